The molecule has 0 bridgehead atoms. The first-order valence-electron chi connectivity index (χ1n) is 5.75. The van der Waals surface area contributed by atoms with E-state index in [-0.39, 0.29) is 0 Å². The van der Waals surface area contributed by atoms with E-state index in [0.29, 0.717) is 5.56 Å². The molecule has 2 nitrogen and oxygen atoms in total. The van der Waals surface area contributed by atoms with Crippen LogP contribution in [-0.2, 0) is 15.5 Å². The van der Waals surface area contributed by atoms with Crippen LogP contribution in [0.5, 0.6) is 0 Å². The zero-order chi connectivity index (χ0) is 14.0. The Bertz CT molecular complexity index is 694. The second-order valence-electron chi connectivity index (χ2n) is 4.13. The van der Waals surface area contributed by atoms with Crippen molar-refractivity contribution in [1.82, 2.24) is 0 Å². The van der Waals surface area contributed by atoms with Crippen molar-refractivity contribution in [2.75, 3.05) is 0 Å². The summed E-state index contributed by atoms with van der Waals surface area (Å²) in [6.45, 7) is 2.05. The summed E-state index contributed by atoms with van der Waals surface area (Å²) in [4.78, 5) is -0.494. The van der Waals surface area contributed by atoms with E-state index in [1.165, 1.54) is 17.7 Å². The van der Waals surface area contributed by atoms with Gasteiger partial charge in [-0.25, -0.2) is 12.8 Å². The number of aryl methyl sites for hydroxylation is 1. The highest BCUT2D eigenvalue weighted by Crippen LogP contribution is 2.26. The molecule has 0 atom stereocenters. The van der Waals surface area contributed by atoms with E-state index in [2.05, 4.69) is 0 Å². The van der Waals surface area contributed by atoms with Crippen LogP contribution in [0.25, 0.3) is 11.1 Å². The van der Waals surface area contributed by atoms with Gasteiger partial charge in [-0.2, -0.15) is 0 Å². The molecule has 0 saturated carbocycles. The molecule has 2 rings (SSSR count). The van der Waals surface area contributed by atoms with Crippen molar-refractivity contribution in [1.29, 1.82) is 0 Å². The van der Waals surface area contributed by atoms with Crippen molar-refractivity contribution >= 4 is 19.7 Å². The summed E-state index contributed by atoms with van der Waals surface area (Å²) in [6, 6.07) is 11.5. The predicted octanol–water partition coefficient (Wildman–Crippen LogP) is 3.98. The van der Waals surface area contributed by atoms with Crippen molar-refractivity contribution in [3.63, 3.8) is 0 Å². The minimum atomic E-state index is -4.08. The lowest BCUT2D eigenvalue weighted by Gasteiger charge is -2.06. The van der Waals surface area contributed by atoms with Crippen LogP contribution >= 0.6 is 10.7 Å². The van der Waals surface area contributed by atoms with Gasteiger partial charge in [-0.05, 0) is 35.2 Å². The van der Waals surface area contributed by atoms with E-state index in [9.17, 15) is 12.8 Å². The molecule has 0 amide bonds. The maximum atomic E-state index is 13.4. The molecular weight excluding hydrogens is 287 g/mol. The number of halogens is 2. The Morgan fingerprint density at radius 2 is 1.63 bits per heavy atom. The SMILES string of the molecule is CCc1ccc(-c2ccc(F)c(S(=O)(=O)Cl)c2)cc1. The quantitative estimate of drug-likeness (QED) is 0.803. The van der Waals surface area contributed by atoms with Gasteiger partial charge in [0, 0.05) is 10.7 Å². The first-order chi connectivity index (χ1) is 8.91. The average molecular weight is 299 g/mol. The minimum Gasteiger partial charge on any atom is -0.207 e. The number of hydrogen-bond acceptors (Lipinski definition) is 2. The van der Waals surface area contributed by atoms with Gasteiger partial charge < -0.3 is 0 Å². The van der Waals surface area contributed by atoms with Gasteiger partial charge in [0.25, 0.3) is 9.05 Å². The lowest BCUT2D eigenvalue weighted by molar-refractivity contribution is 0.576. The molecule has 2 aromatic rings. The van der Waals surface area contributed by atoms with Crippen molar-refractivity contribution in [3.8, 4) is 11.1 Å². The van der Waals surface area contributed by atoms with E-state index < -0.39 is 19.8 Å². The molecule has 2 aromatic carbocycles. The Morgan fingerprint density at radius 1 is 1.05 bits per heavy atom. The predicted molar refractivity (Wildman–Crippen MR) is 74.3 cm³/mol. The van der Waals surface area contributed by atoms with E-state index in [1.54, 1.807) is 0 Å². The van der Waals surface area contributed by atoms with E-state index in [0.717, 1.165) is 18.1 Å². The first-order valence-corrected chi connectivity index (χ1v) is 8.06. The fourth-order valence-electron chi connectivity index (χ4n) is 1.80. The molecule has 0 aliphatic heterocycles. The fourth-order valence-corrected chi connectivity index (χ4v) is 2.73. The Labute approximate surface area is 116 Å². The van der Waals surface area contributed by atoms with Gasteiger partial charge in [0.1, 0.15) is 10.7 Å². The Morgan fingerprint density at radius 3 is 2.16 bits per heavy atom. The molecule has 0 aromatic heterocycles. The van der Waals surface area contributed by atoms with Gasteiger partial charge in [0.05, 0.1) is 0 Å². The lowest BCUT2D eigenvalue weighted by atomic mass is 10.0. The van der Waals surface area contributed by atoms with Crippen LogP contribution in [0.4, 0.5) is 4.39 Å². The fraction of sp³-hybridized carbons (Fsp3) is 0.143. The lowest BCUT2D eigenvalue weighted by Crippen LogP contribution is -1.96. The molecule has 19 heavy (non-hydrogen) atoms. The summed E-state index contributed by atoms with van der Waals surface area (Å²) in [5.74, 6) is -0.844. The number of benzene rings is 2. The van der Waals surface area contributed by atoms with E-state index in [4.69, 9.17) is 10.7 Å². The highest BCUT2D eigenvalue weighted by molar-refractivity contribution is 8.13. The summed E-state index contributed by atoms with van der Waals surface area (Å²) in [7, 11) is 1.12. The average Bonchev–Trinajstić information content (AvgIpc) is 2.38. The minimum absolute atomic E-state index is 0.494. The van der Waals surface area contributed by atoms with Crippen LogP contribution in [0.15, 0.2) is 47.4 Å². The van der Waals surface area contributed by atoms with Gasteiger partial charge in [-0.15, -0.1) is 0 Å². The highest BCUT2D eigenvalue weighted by atomic mass is 35.7. The molecule has 0 N–H and O–H groups in total. The summed E-state index contributed by atoms with van der Waals surface area (Å²) in [6.07, 6.45) is 0.922. The van der Waals surface area contributed by atoms with Crippen molar-refractivity contribution in [2.45, 2.75) is 18.2 Å². The second kappa shape index (κ2) is 5.31. The Hall–Kier alpha value is -1.39. The molecule has 5 heteroatoms. The van der Waals surface area contributed by atoms with Gasteiger partial charge in [0.2, 0.25) is 0 Å². The normalized spacial score (nSPS) is 11.5. The van der Waals surface area contributed by atoms with Crippen molar-refractivity contribution in [3.05, 3.63) is 53.8 Å². The van der Waals surface area contributed by atoms with Crippen LogP contribution in [-0.4, -0.2) is 8.42 Å². The molecule has 0 aliphatic rings. The molecule has 0 saturated heterocycles. The van der Waals surface area contributed by atoms with E-state index >= 15 is 0 Å². The summed E-state index contributed by atoms with van der Waals surface area (Å²) < 4.78 is 36.0. The van der Waals surface area contributed by atoms with E-state index in [1.807, 2.05) is 31.2 Å². The molecule has 0 unspecified atom stereocenters. The maximum Gasteiger partial charge on any atom is 0.264 e. The molecule has 0 heterocycles. The third-order valence-electron chi connectivity index (χ3n) is 2.89. The number of hydrogen-bond donors (Lipinski definition) is 0. The largest absolute Gasteiger partial charge is 0.264 e. The zero-order valence-electron chi connectivity index (χ0n) is 10.2. The van der Waals surface area contributed by atoms with Crippen LogP contribution in [0.3, 0.4) is 0 Å². The monoisotopic (exact) mass is 298 g/mol. The van der Waals surface area contributed by atoms with Crippen molar-refractivity contribution in [2.24, 2.45) is 0 Å². The molecule has 100 valence electrons. The van der Waals surface area contributed by atoms with Crippen LogP contribution < -0.4 is 0 Å². The van der Waals surface area contributed by atoms with Crippen molar-refractivity contribution < 1.29 is 12.8 Å². The summed E-state index contributed by atoms with van der Waals surface area (Å²) in [5.41, 5.74) is 2.61. The van der Waals surface area contributed by atoms with Gasteiger partial charge in [-0.3, -0.25) is 0 Å². The molecular formula is C14H12ClFO2S. The maximum absolute atomic E-state index is 13.4. The third-order valence-corrected chi connectivity index (χ3v) is 4.23. The standard InChI is InChI=1S/C14H12ClFO2S/c1-2-10-3-5-11(6-4-10)12-7-8-13(16)14(9-12)19(15,17)18/h3-9H,2H2,1H3. The van der Waals surface area contributed by atoms with Crippen LogP contribution in [0.2, 0.25) is 0 Å². The van der Waals surface area contributed by atoms with Gasteiger partial charge in [-0.1, -0.05) is 37.3 Å². The Balaban J connectivity index is 2.51. The van der Waals surface area contributed by atoms with Gasteiger partial charge >= 0.3 is 0 Å². The molecule has 0 radical (unpaired) electrons. The molecule has 0 fully saturated rings. The smallest absolute Gasteiger partial charge is 0.207 e. The zero-order valence-corrected chi connectivity index (χ0v) is 11.8. The Kier molecular flexibility index (Phi) is 3.92. The molecule has 0 spiro atoms. The van der Waals surface area contributed by atoms with Crippen LogP contribution in [0, 0.1) is 5.82 Å². The summed E-state index contributed by atoms with van der Waals surface area (Å²) >= 11 is 0. The third kappa shape index (κ3) is 3.14. The number of rotatable bonds is 3. The second-order valence-corrected chi connectivity index (χ2v) is 6.67. The topological polar surface area (TPSA) is 34.1 Å². The highest BCUT2D eigenvalue weighted by Gasteiger charge is 2.16. The van der Waals surface area contributed by atoms with Crippen LogP contribution in [0.1, 0.15) is 12.5 Å². The van der Waals surface area contributed by atoms with Gasteiger partial charge in [0.15, 0.2) is 0 Å². The summed E-state index contributed by atoms with van der Waals surface area (Å²) in [5, 5.41) is 0. The molecule has 0 aliphatic carbocycles. The first kappa shape index (κ1) is 14.0.